The number of rotatable bonds is 2. The summed E-state index contributed by atoms with van der Waals surface area (Å²) < 4.78 is 1.81. The maximum atomic E-state index is 13.2. The molecule has 5 rings (SSSR count). The number of carbonyl (C=O) groups excluding carboxylic acids is 1. The Bertz CT molecular complexity index is 1130. The van der Waals surface area contributed by atoms with Crippen LogP contribution in [0, 0.1) is 5.41 Å². The first-order valence-electron chi connectivity index (χ1n) is 9.57. The van der Waals surface area contributed by atoms with Gasteiger partial charge >= 0.3 is 0 Å². The van der Waals surface area contributed by atoms with Gasteiger partial charge in [-0.3, -0.25) is 9.78 Å². The molecule has 0 saturated carbocycles. The van der Waals surface area contributed by atoms with Gasteiger partial charge in [-0.1, -0.05) is 37.6 Å². The van der Waals surface area contributed by atoms with Crippen LogP contribution < -0.4 is 5.32 Å². The van der Waals surface area contributed by atoms with Crippen LogP contribution in [-0.2, 0) is 4.79 Å². The number of anilines is 1. The molecule has 1 N–H and O–H groups in total. The predicted molar refractivity (Wildman–Crippen MR) is 112 cm³/mol. The predicted octanol–water partition coefficient (Wildman–Crippen LogP) is 4.65. The molecule has 1 aromatic carbocycles. The van der Waals surface area contributed by atoms with Crippen molar-refractivity contribution in [3.8, 4) is 11.4 Å². The Hall–Kier alpha value is -2.99. The number of ketones is 1. The van der Waals surface area contributed by atoms with Crippen molar-refractivity contribution in [2.75, 3.05) is 5.32 Å². The van der Waals surface area contributed by atoms with Crippen LogP contribution in [0.5, 0.6) is 0 Å². The standard InChI is InChI=1S/C22H20ClN5O/c1-22(2)10-16-18(17(29)11-22)19(13-5-7-15(23)8-6-13)28-21(25-16)26-20(27-28)14-4-3-9-24-12-14/h3-9,12,19H,10-11H2,1-2H3,(H,25,26,27)/t19-/m0/s1. The highest BCUT2D eigenvalue weighted by molar-refractivity contribution is 6.30. The number of carbonyl (C=O) groups is 1. The lowest BCUT2D eigenvalue weighted by atomic mass is 9.73. The monoisotopic (exact) mass is 405 g/mol. The lowest BCUT2D eigenvalue weighted by molar-refractivity contribution is -0.118. The first-order chi connectivity index (χ1) is 13.9. The molecule has 3 heterocycles. The number of halogens is 1. The van der Waals surface area contributed by atoms with Gasteiger partial charge in [0.15, 0.2) is 11.6 Å². The fourth-order valence-corrected chi connectivity index (χ4v) is 4.31. The molecule has 1 aliphatic carbocycles. The van der Waals surface area contributed by atoms with Crippen molar-refractivity contribution >= 4 is 23.3 Å². The van der Waals surface area contributed by atoms with E-state index in [0.717, 1.165) is 28.8 Å². The Morgan fingerprint density at radius 3 is 2.69 bits per heavy atom. The lowest BCUT2D eigenvalue weighted by Crippen LogP contribution is -2.36. The third kappa shape index (κ3) is 3.13. The van der Waals surface area contributed by atoms with E-state index in [-0.39, 0.29) is 17.2 Å². The summed E-state index contributed by atoms with van der Waals surface area (Å²) in [5, 5.41) is 8.79. The summed E-state index contributed by atoms with van der Waals surface area (Å²) in [5.74, 6) is 1.35. The average Bonchev–Trinajstić information content (AvgIpc) is 3.10. The molecule has 29 heavy (non-hydrogen) atoms. The molecular weight excluding hydrogens is 386 g/mol. The molecule has 1 aliphatic heterocycles. The molecule has 1 atom stereocenters. The average molecular weight is 406 g/mol. The second-order valence-electron chi connectivity index (χ2n) is 8.36. The molecule has 0 saturated heterocycles. The Morgan fingerprint density at radius 2 is 1.97 bits per heavy atom. The quantitative estimate of drug-likeness (QED) is 0.671. The smallest absolute Gasteiger partial charge is 0.226 e. The van der Waals surface area contributed by atoms with Gasteiger partial charge in [0.05, 0.1) is 0 Å². The van der Waals surface area contributed by atoms with Crippen LogP contribution in [-0.4, -0.2) is 25.5 Å². The third-order valence-corrected chi connectivity index (χ3v) is 5.69. The molecule has 2 aliphatic rings. The van der Waals surface area contributed by atoms with E-state index in [1.165, 1.54) is 0 Å². The highest BCUT2D eigenvalue weighted by Crippen LogP contribution is 2.45. The number of hydrogen-bond acceptors (Lipinski definition) is 5. The normalized spacial score (nSPS) is 20.1. The maximum absolute atomic E-state index is 13.2. The van der Waals surface area contributed by atoms with E-state index in [2.05, 4.69) is 24.1 Å². The highest BCUT2D eigenvalue weighted by Gasteiger charge is 2.41. The van der Waals surface area contributed by atoms with Crippen molar-refractivity contribution in [2.45, 2.75) is 32.7 Å². The zero-order valence-electron chi connectivity index (χ0n) is 16.2. The molecule has 0 amide bonds. The van der Waals surface area contributed by atoms with E-state index < -0.39 is 0 Å². The number of aromatic nitrogens is 4. The van der Waals surface area contributed by atoms with Crippen molar-refractivity contribution in [2.24, 2.45) is 5.41 Å². The van der Waals surface area contributed by atoms with Crippen LogP contribution in [0.25, 0.3) is 11.4 Å². The highest BCUT2D eigenvalue weighted by atomic mass is 35.5. The van der Waals surface area contributed by atoms with Crippen molar-refractivity contribution in [3.05, 3.63) is 70.6 Å². The molecule has 0 fully saturated rings. The number of nitrogens with zero attached hydrogens (tertiary/aromatic N) is 4. The summed E-state index contributed by atoms with van der Waals surface area (Å²) in [6, 6.07) is 11.0. The van der Waals surface area contributed by atoms with Gasteiger partial charge in [0, 0.05) is 40.7 Å². The first-order valence-corrected chi connectivity index (χ1v) is 9.95. The van der Waals surface area contributed by atoms with Gasteiger partial charge in [-0.2, -0.15) is 4.98 Å². The minimum Gasteiger partial charge on any atom is -0.328 e. The number of allylic oxidation sites excluding steroid dienone is 2. The van der Waals surface area contributed by atoms with Gasteiger partial charge in [-0.05, 0) is 41.7 Å². The Labute approximate surface area is 173 Å². The fraction of sp³-hybridized carbons (Fsp3) is 0.273. The van der Waals surface area contributed by atoms with E-state index in [1.54, 1.807) is 17.1 Å². The Kier molecular flexibility index (Phi) is 4.06. The van der Waals surface area contributed by atoms with E-state index in [9.17, 15) is 4.79 Å². The van der Waals surface area contributed by atoms with E-state index in [0.29, 0.717) is 23.2 Å². The van der Waals surface area contributed by atoms with Crippen LogP contribution >= 0.6 is 11.6 Å². The van der Waals surface area contributed by atoms with Crippen molar-refractivity contribution in [1.82, 2.24) is 19.7 Å². The van der Waals surface area contributed by atoms with Crippen LogP contribution in [0.2, 0.25) is 5.02 Å². The van der Waals surface area contributed by atoms with Crippen LogP contribution in [0.4, 0.5) is 5.95 Å². The minimum absolute atomic E-state index is 0.0954. The van der Waals surface area contributed by atoms with Crippen molar-refractivity contribution < 1.29 is 4.79 Å². The summed E-state index contributed by atoms with van der Waals surface area (Å²) in [6.07, 6.45) is 4.75. The minimum atomic E-state index is -0.333. The Morgan fingerprint density at radius 1 is 1.17 bits per heavy atom. The number of hydrogen-bond donors (Lipinski definition) is 1. The van der Waals surface area contributed by atoms with Crippen LogP contribution in [0.15, 0.2) is 60.1 Å². The lowest BCUT2D eigenvalue weighted by Gasteiger charge is -2.38. The van der Waals surface area contributed by atoms with Gasteiger partial charge in [-0.25, -0.2) is 4.68 Å². The van der Waals surface area contributed by atoms with E-state index in [4.69, 9.17) is 21.7 Å². The SMILES string of the molecule is CC1(C)CC(=O)C2=C(C1)Nc1nc(-c3cccnc3)nn1[C@H]2c1ccc(Cl)cc1. The van der Waals surface area contributed by atoms with Crippen LogP contribution in [0.3, 0.4) is 0 Å². The summed E-state index contributed by atoms with van der Waals surface area (Å²) >= 11 is 6.11. The van der Waals surface area contributed by atoms with Gasteiger partial charge in [0.1, 0.15) is 6.04 Å². The number of fused-ring (bicyclic) bond motifs is 1. The van der Waals surface area contributed by atoms with Crippen molar-refractivity contribution in [1.29, 1.82) is 0 Å². The van der Waals surface area contributed by atoms with Crippen LogP contribution in [0.1, 0.15) is 38.3 Å². The van der Waals surface area contributed by atoms with Gasteiger partial charge in [0.2, 0.25) is 5.95 Å². The largest absolute Gasteiger partial charge is 0.328 e. The maximum Gasteiger partial charge on any atom is 0.226 e. The fourth-order valence-electron chi connectivity index (χ4n) is 4.18. The number of pyridine rings is 1. The molecule has 0 radical (unpaired) electrons. The number of nitrogens with one attached hydrogen (secondary N) is 1. The first kappa shape index (κ1) is 18.1. The molecule has 7 heteroatoms. The summed E-state index contributed by atoms with van der Waals surface area (Å²) in [5.41, 5.74) is 3.39. The third-order valence-electron chi connectivity index (χ3n) is 5.44. The number of Topliss-reactive ketones (excluding diaryl/α,β-unsaturated/α-hetero) is 1. The molecule has 0 unspecified atom stereocenters. The zero-order valence-corrected chi connectivity index (χ0v) is 16.9. The summed E-state index contributed by atoms with van der Waals surface area (Å²) in [7, 11) is 0. The summed E-state index contributed by atoms with van der Waals surface area (Å²) in [6.45, 7) is 4.24. The molecular formula is C22H20ClN5O. The number of benzene rings is 1. The second-order valence-corrected chi connectivity index (χ2v) is 8.79. The topological polar surface area (TPSA) is 72.7 Å². The molecule has 3 aromatic rings. The zero-order chi connectivity index (χ0) is 20.2. The summed E-state index contributed by atoms with van der Waals surface area (Å²) in [4.78, 5) is 22.1. The van der Waals surface area contributed by atoms with Gasteiger partial charge in [0.25, 0.3) is 0 Å². The van der Waals surface area contributed by atoms with E-state index >= 15 is 0 Å². The Balaban J connectivity index is 1.69. The van der Waals surface area contributed by atoms with Gasteiger partial charge < -0.3 is 5.32 Å². The molecule has 6 nitrogen and oxygen atoms in total. The molecule has 0 spiro atoms. The molecule has 2 aromatic heterocycles. The van der Waals surface area contributed by atoms with Gasteiger partial charge in [-0.15, -0.1) is 5.10 Å². The second kappa shape index (κ2) is 6.52. The van der Waals surface area contributed by atoms with E-state index in [1.807, 2.05) is 36.4 Å². The molecule has 146 valence electrons. The van der Waals surface area contributed by atoms with Crippen molar-refractivity contribution in [3.63, 3.8) is 0 Å². The molecule has 0 bridgehead atoms.